The lowest BCUT2D eigenvalue weighted by molar-refractivity contribution is -0.139. The molecule has 2 aliphatic heterocycles. The monoisotopic (exact) mass is 455 g/mol. The molecule has 1 unspecified atom stereocenters. The number of rotatable bonds is 6. The van der Waals surface area contributed by atoms with Crippen molar-refractivity contribution in [1.29, 1.82) is 0 Å². The molecule has 12 heteroatoms. The van der Waals surface area contributed by atoms with Gasteiger partial charge in [0.15, 0.2) is 5.76 Å². The zero-order chi connectivity index (χ0) is 22.8. The number of nitrogens with zero attached hydrogens (tertiary/aromatic N) is 3. The molecule has 3 heterocycles. The molecule has 3 rings (SSSR count). The van der Waals surface area contributed by atoms with Crippen LogP contribution in [0.5, 0.6) is 0 Å². The van der Waals surface area contributed by atoms with E-state index in [2.05, 4.69) is 15.8 Å². The van der Waals surface area contributed by atoms with Gasteiger partial charge >= 0.3 is 12.0 Å². The lowest BCUT2D eigenvalue weighted by Gasteiger charge is -2.30. The standard InChI is InChI=1S/C19H29N5O6S/c1-5-29-18(25)16-12(2)20-19(26)21-15(16)11-23-7-6-8-24(10-9-23)31(27,28)17-13(3)22-30-14(17)4/h12H,5-11H2,1-4H3,(H2,20,21,26). The van der Waals surface area contributed by atoms with E-state index < -0.39 is 22.0 Å². The van der Waals surface area contributed by atoms with Gasteiger partial charge in [-0.3, -0.25) is 4.90 Å². The van der Waals surface area contributed by atoms with Crippen LogP contribution in [0.1, 0.15) is 31.7 Å². The first-order valence-electron chi connectivity index (χ1n) is 10.3. The van der Waals surface area contributed by atoms with Crippen LogP contribution in [0.4, 0.5) is 4.79 Å². The maximum absolute atomic E-state index is 13.1. The number of esters is 1. The molecule has 0 spiro atoms. The van der Waals surface area contributed by atoms with Crippen molar-refractivity contribution in [2.45, 2.75) is 45.1 Å². The number of hydrogen-bond donors (Lipinski definition) is 2. The van der Waals surface area contributed by atoms with Crippen LogP contribution >= 0.6 is 0 Å². The first kappa shape index (κ1) is 23.2. The Morgan fingerprint density at radius 1 is 1.26 bits per heavy atom. The molecule has 2 N–H and O–H groups in total. The van der Waals surface area contributed by atoms with Gasteiger partial charge in [-0.2, -0.15) is 4.31 Å². The molecule has 172 valence electrons. The summed E-state index contributed by atoms with van der Waals surface area (Å²) in [6.07, 6.45) is 0.604. The van der Waals surface area contributed by atoms with Gasteiger partial charge in [-0.25, -0.2) is 18.0 Å². The average molecular weight is 456 g/mol. The first-order valence-corrected chi connectivity index (χ1v) is 11.7. The van der Waals surface area contributed by atoms with Crippen LogP contribution < -0.4 is 10.6 Å². The van der Waals surface area contributed by atoms with Gasteiger partial charge in [0.2, 0.25) is 10.0 Å². The second-order valence-electron chi connectivity index (χ2n) is 7.62. The number of aromatic nitrogens is 1. The minimum Gasteiger partial charge on any atom is -0.463 e. The summed E-state index contributed by atoms with van der Waals surface area (Å²) in [7, 11) is -3.72. The molecule has 0 radical (unpaired) electrons. The predicted octanol–water partition coefficient (Wildman–Crippen LogP) is 0.506. The maximum atomic E-state index is 13.1. The SMILES string of the molecule is CCOC(=O)C1=C(CN2CCCN(S(=O)(=O)c3c(C)noc3C)CC2)NC(=O)NC1C. The summed E-state index contributed by atoms with van der Waals surface area (Å²) >= 11 is 0. The highest BCUT2D eigenvalue weighted by Gasteiger charge is 2.34. The summed E-state index contributed by atoms with van der Waals surface area (Å²) in [5.74, 6) is -0.204. The second kappa shape index (κ2) is 9.37. The Morgan fingerprint density at radius 3 is 2.65 bits per heavy atom. The fourth-order valence-electron chi connectivity index (χ4n) is 3.95. The van der Waals surface area contributed by atoms with Crippen molar-refractivity contribution in [3.8, 4) is 0 Å². The largest absolute Gasteiger partial charge is 0.463 e. The van der Waals surface area contributed by atoms with Gasteiger partial charge in [-0.05, 0) is 40.7 Å². The van der Waals surface area contributed by atoms with Crippen LogP contribution in [0.15, 0.2) is 20.7 Å². The second-order valence-corrected chi connectivity index (χ2v) is 9.49. The van der Waals surface area contributed by atoms with E-state index in [1.807, 2.05) is 4.90 Å². The zero-order valence-electron chi connectivity index (χ0n) is 18.2. The lowest BCUT2D eigenvalue weighted by atomic mass is 10.0. The third kappa shape index (κ3) is 4.91. The quantitative estimate of drug-likeness (QED) is 0.593. The van der Waals surface area contributed by atoms with E-state index >= 15 is 0 Å². The number of ether oxygens (including phenoxy) is 1. The highest BCUT2D eigenvalue weighted by Crippen LogP contribution is 2.24. The number of sulfonamides is 1. The highest BCUT2D eigenvalue weighted by molar-refractivity contribution is 7.89. The van der Waals surface area contributed by atoms with E-state index in [0.29, 0.717) is 49.6 Å². The fraction of sp³-hybridized carbons (Fsp3) is 0.632. The van der Waals surface area contributed by atoms with Crippen LogP contribution in [0, 0.1) is 13.8 Å². The summed E-state index contributed by atoms with van der Waals surface area (Å²) < 4.78 is 37.8. The minimum absolute atomic E-state index is 0.118. The molecular formula is C19H29N5O6S. The Kier molecular flexibility index (Phi) is 7.02. The summed E-state index contributed by atoms with van der Waals surface area (Å²) in [4.78, 5) is 26.5. The highest BCUT2D eigenvalue weighted by atomic mass is 32.2. The van der Waals surface area contributed by atoms with Gasteiger partial charge in [-0.15, -0.1) is 0 Å². The first-order chi connectivity index (χ1) is 14.6. The van der Waals surface area contributed by atoms with Crippen molar-refractivity contribution in [3.05, 3.63) is 22.7 Å². The molecule has 11 nitrogen and oxygen atoms in total. The molecule has 1 atom stereocenters. The maximum Gasteiger partial charge on any atom is 0.337 e. The van der Waals surface area contributed by atoms with Crippen LogP contribution in [0.25, 0.3) is 0 Å². The van der Waals surface area contributed by atoms with Crippen molar-refractivity contribution in [1.82, 2.24) is 25.0 Å². The topological polar surface area (TPSA) is 134 Å². The van der Waals surface area contributed by atoms with Gasteiger partial charge in [0.05, 0.1) is 18.2 Å². The number of carbonyl (C=O) groups is 2. The van der Waals surface area contributed by atoms with E-state index in [1.54, 1.807) is 27.7 Å². The van der Waals surface area contributed by atoms with Crippen LogP contribution in [-0.2, 0) is 19.6 Å². The van der Waals surface area contributed by atoms with Gasteiger partial charge in [0.1, 0.15) is 10.6 Å². The van der Waals surface area contributed by atoms with Crippen LogP contribution in [0.2, 0.25) is 0 Å². The molecule has 2 amide bonds. The Hall–Kier alpha value is -2.44. The summed E-state index contributed by atoms with van der Waals surface area (Å²) in [6.45, 7) is 8.88. The number of amides is 2. The Bertz CT molecular complexity index is 966. The Balaban J connectivity index is 1.76. The predicted molar refractivity (Wildman–Crippen MR) is 111 cm³/mol. The van der Waals surface area contributed by atoms with Crippen molar-refractivity contribution in [2.24, 2.45) is 0 Å². The summed E-state index contributed by atoms with van der Waals surface area (Å²) in [5, 5.41) is 9.15. The number of nitrogens with one attached hydrogen (secondary N) is 2. The van der Waals surface area contributed by atoms with Crippen molar-refractivity contribution < 1.29 is 27.3 Å². The van der Waals surface area contributed by atoms with Gasteiger partial charge in [-0.1, -0.05) is 5.16 Å². The number of urea groups is 1. The van der Waals surface area contributed by atoms with Crippen molar-refractivity contribution >= 4 is 22.0 Å². The zero-order valence-corrected chi connectivity index (χ0v) is 19.0. The van der Waals surface area contributed by atoms with Crippen molar-refractivity contribution in [3.63, 3.8) is 0 Å². The molecule has 0 saturated carbocycles. The minimum atomic E-state index is -3.72. The summed E-state index contributed by atoms with van der Waals surface area (Å²) in [6, 6.07) is -0.862. The molecule has 31 heavy (non-hydrogen) atoms. The van der Waals surface area contributed by atoms with Gasteiger partial charge in [0.25, 0.3) is 0 Å². The van der Waals surface area contributed by atoms with Crippen molar-refractivity contribution in [2.75, 3.05) is 39.3 Å². The Morgan fingerprint density at radius 2 is 2.00 bits per heavy atom. The molecule has 1 aromatic rings. The normalized spacial score (nSPS) is 21.4. The van der Waals surface area contributed by atoms with Crippen LogP contribution in [0.3, 0.4) is 0 Å². The van der Waals surface area contributed by atoms with Gasteiger partial charge < -0.3 is 19.9 Å². The molecule has 2 aliphatic rings. The molecule has 0 aliphatic carbocycles. The number of carbonyl (C=O) groups excluding carboxylic acids is 2. The molecule has 0 aromatic carbocycles. The fourth-order valence-corrected chi connectivity index (χ4v) is 5.71. The van der Waals surface area contributed by atoms with Gasteiger partial charge in [0, 0.05) is 31.9 Å². The molecule has 1 fully saturated rings. The molecule has 1 aromatic heterocycles. The Labute approximate surface area is 181 Å². The molecular weight excluding hydrogens is 426 g/mol. The third-order valence-electron chi connectivity index (χ3n) is 5.36. The number of hydrogen-bond acceptors (Lipinski definition) is 8. The van der Waals surface area contributed by atoms with E-state index in [1.165, 1.54) is 4.31 Å². The third-order valence-corrected chi connectivity index (χ3v) is 7.50. The van der Waals surface area contributed by atoms with E-state index in [4.69, 9.17) is 9.26 Å². The average Bonchev–Trinajstić information content (AvgIpc) is 2.87. The van der Waals surface area contributed by atoms with E-state index in [9.17, 15) is 18.0 Å². The smallest absolute Gasteiger partial charge is 0.337 e. The number of aryl methyl sites for hydroxylation is 2. The van der Waals surface area contributed by atoms with E-state index in [-0.39, 0.29) is 29.8 Å². The molecule has 1 saturated heterocycles. The summed E-state index contributed by atoms with van der Waals surface area (Å²) in [5.41, 5.74) is 1.21. The van der Waals surface area contributed by atoms with E-state index in [0.717, 1.165) is 0 Å². The lowest BCUT2D eigenvalue weighted by Crippen LogP contribution is -2.51. The van der Waals surface area contributed by atoms with Crippen LogP contribution in [-0.4, -0.2) is 80.2 Å². The molecule has 0 bridgehead atoms.